The largest absolute Gasteiger partial charge is 0.363 e. The molecule has 164 valence electrons. The number of likely N-dealkylation sites (tertiary alicyclic amines) is 1. The van der Waals surface area contributed by atoms with E-state index in [2.05, 4.69) is 29.7 Å². The van der Waals surface area contributed by atoms with E-state index in [0.29, 0.717) is 19.6 Å². The number of carbonyl (C=O) groups excluding carboxylic acids is 1. The summed E-state index contributed by atoms with van der Waals surface area (Å²) >= 11 is 0. The Morgan fingerprint density at radius 2 is 2.00 bits per heavy atom. The lowest BCUT2D eigenvalue weighted by Crippen LogP contribution is -2.50. The van der Waals surface area contributed by atoms with E-state index in [9.17, 15) is 4.79 Å². The monoisotopic (exact) mass is 525 g/mol. The second kappa shape index (κ2) is 11.2. The van der Waals surface area contributed by atoms with Gasteiger partial charge in [0.05, 0.1) is 12.1 Å². The van der Waals surface area contributed by atoms with Gasteiger partial charge in [0, 0.05) is 45.2 Å². The van der Waals surface area contributed by atoms with Crippen molar-refractivity contribution in [3.05, 3.63) is 35.9 Å². The number of para-hydroxylation sites is 1. The van der Waals surface area contributed by atoms with Crippen molar-refractivity contribution < 1.29 is 4.79 Å². The molecule has 8 nitrogen and oxygen atoms in total. The quantitative estimate of drug-likeness (QED) is 0.317. The number of anilines is 1. The molecular weight excluding hydrogens is 493 g/mol. The fourth-order valence-electron chi connectivity index (χ4n) is 3.51. The summed E-state index contributed by atoms with van der Waals surface area (Å²) in [6.45, 7) is 4.74. The van der Waals surface area contributed by atoms with Crippen LogP contribution in [0.3, 0.4) is 0 Å². The molecule has 1 aliphatic heterocycles. The number of aromatic nitrogens is 1. The Morgan fingerprint density at radius 1 is 1.30 bits per heavy atom. The number of hydrogen-bond acceptors (Lipinski definition) is 4. The number of piperidine rings is 1. The van der Waals surface area contributed by atoms with Crippen LogP contribution in [-0.2, 0) is 6.54 Å². The smallest absolute Gasteiger partial charge is 0.314 e. The number of halogens is 1. The molecule has 0 atom stereocenters. The third-order valence-electron chi connectivity index (χ3n) is 5.15. The normalized spacial score (nSPS) is 14.9. The molecule has 0 unspecified atom stereocenters. The van der Waals surface area contributed by atoms with Gasteiger partial charge in [0.15, 0.2) is 5.96 Å². The molecule has 1 fully saturated rings. The molecule has 2 amide bonds. The first-order chi connectivity index (χ1) is 14.0. The summed E-state index contributed by atoms with van der Waals surface area (Å²) in [7, 11) is 3.99. The number of rotatable bonds is 5. The molecule has 1 saturated heterocycles. The number of aliphatic imine (C=N–C) groups is 1. The summed E-state index contributed by atoms with van der Waals surface area (Å²) < 4.78 is 0. The van der Waals surface area contributed by atoms with Crippen LogP contribution in [-0.4, -0.2) is 61.6 Å². The second-order valence-corrected chi connectivity index (χ2v) is 7.49. The van der Waals surface area contributed by atoms with Crippen LogP contribution in [0.1, 0.15) is 25.3 Å². The zero-order valence-electron chi connectivity index (χ0n) is 17.9. The lowest BCUT2D eigenvalue weighted by Gasteiger charge is -2.32. The Hall–Kier alpha value is -2.30. The maximum atomic E-state index is 11.3. The molecule has 0 spiro atoms. The maximum Gasteiger partial charge on any atom is 0.314 e. The zero-order chi connectivity index (χ0) is 20.8. The number of nitrogens with one attached hydrogen (secondary N) is 2. The average Bonchev–Trinajstić information content (AvgIpc) is 2.72. The molecular formula is C21H32IN7O. The van der Waals surface area contributed by atoms with Crippen LogP contribution in [0.4, 0.5) is 10.6 Å². The van der Waals surface area contributed by atoms with E-state index in [1.54, 1.807) is 4.90 Å². The van der Waals surface area contributed by atoms with Gasteiger partial charge in [-0.15, -0.1) is 24.0 Å². The fourth-order valence-corrected chi connectivity index (χ4v) is 3.51. The van der Waals surface area contributed by atoms with Gasteiger partial charge in [-0.3, -0.25) is 0 Å². The van der Waals surface area contributed by atoms with E-state index in [4.69, 9.17) is 15.7 Å². The van der Waals surface area contributed by atoms with Crippen LogP contribution >= 0.6 is 24.0 Å². The third kappa shape index (κ3) is 6.10. The highest BCUT2D eigenvalue weighted by Gasteiger charge is 2.21. The molecule has 0 aliphatic carbocycles. The minimum Gasteiger partial charge on any atom is -0.363 e. The predicted octanol–water partition coefficient (Wildman–Crippen LogP) is 2.52. The summed E-state index contributed by atoms with van der Waals surface area (Å²) in [5.41, 5.74) is 7.49. The molecule has 0 radical (unpaired) electrons. The Balaban J connectivity index is 0.00000320. The van der Waals surface area contributed by atoms with Crippen molar-refractivity contribution in [1.82, 2.24) is 20.5 Å². The van der Waals surface area contributed by atoms with Gasteiger partial charge in [0.25, 0.3) is 0 Å². The molecule has 9 heteroatoms. The number of fused-ring (bicyclic) bond motifs is 1. The Bertz CT molecular complexity index is 879. The first kappa shape index (κ1) is 24.0. The van der Waals surface area contributed by atoms with E-state index in [1.165, 1.54) is 0 Å². The van der Waals surface area contributed by atoms with Crippen molar-refractivity contribution in [3.8, 4) is 0 Å². The summed E-state index contributed by atoms with van der Waals surface area (Å²) in [4.78, 5) is 24.6. The molecule has 0 bridgehead atoms. The van der Waals surface area contributed by atoms with Crippen LogP contribution < -0.4 is 21.3 Å². The molecule has 1 aromatic carbocycles. The minimum absolute atomic E-state index is 0. The molecule has 30 heavy (non-hydrogen) atoms. The number of urea groups is 1. The number of hydrogen-bond donors (Lipinski definition) is 3. The van der Waals surface area contributed by atoms with Crippen molar-refractivity contribution >= 4 is 52.7 Å². The van der Waals surface area contributed by atoms with Crippen LogP contribution in [0.25, 0.3) is 10.9 Å². The van der Waals surface area contributed by atoms with Gasteiger partial charge in [0.1, 0.15) is 5.82 Å². The molecule has 0 saturated carbocycles. The third-order valence-corrected chi connectivity index (χ3v) is 5.15. The van der Waals surface area contributed by atoms with Crippen molar-refractivity contribution in [3.63, 3.8) is 0 Å². The minimum atomic E-state index is -0.342. The first-order valence-corrected chi connectivity index (χ1v) is 10.1. The average molecular weight is 525 g/mol. The fraction of sp³-hybridized carbons (Fsp3) is 0.476. The molecule has 3 rings (SSSR count). The lowest BCUT2D eigenvalue weighted by atomic mass is 10.1. The van der Waals surface area contributed by atoms with E-state index in [1.807, 2.05) is 37.2 Å². The van der Waals surface area contributed by atoms with Crippen LogP contribution in [0.2, 0.25) is 0 Å². The van der Waals surface area contributed by atoms with Gasteiger partial charge in [-0.2, -0.15) is 0 Å². The number of nitrogens with zero attached hydrogens (tertiary/aromatic N) is 4. The van der Waals surface area contributed by atoms with Gasteiger partial charge in [-0.05, 0) is 37.5 Å². The van der Waals surface area contributed by atoms with Gasteiger partial charge >= 0.3 is 6.03 Å². The zero-order valence-corrected chi connectivity index (χ0v) is 20.2. The number of nitrogens with two attached hydrogens (primary N) is 1. The van der Waals surface area contributed by atoms with Crippen molar-refractivity contribution in [2.75, 3.05) is 38.6 Å². The van der Waals surface area contributed by atoms with Crippen molar-refractivity contribution in [2.24, 2.45) is 10.7 Å². The molecule has 1 aliphatic rings. The maximum absolute atomic E-state index is 11.3. The Labute approximate surface area is 195 Å². The molecule has 4 N–H and O–H groups in total. The number of guanidine groups is 1. The van der Waals surface area contributed by atoms with E-state index in [-0.39, 0.29) is 36.0 Å². The predicted molar refractivity (Wildman–Crippen MR) is 134 cm³/mol. The standard InChI is InChI=1S/C21H31N7O.HI/c1-4-23-21(25-16-9-11-28(12-10-16)20(22)29)24-14-15-13-19(27(2)3)26-18-8-6-5-7-17(15)18;/h5-8,13,16H,4,9-12,14H2,1-3H3,(H2,22,29)(H2,23,24,25);1H. The molecule has 2 heterocycles. The first-order valence-electron chi connectivity index (χ1n) is 10.1. The highest BCUT2D eigenvalue weighted by Crippen LogP contribution is 2.22. The van der Waals surface area contributed by atoms with Gasteiger partial charge < -0.3 is 26.2 Å². The van der Waals surface area contributed by atoms with E-state index >= 15 is 0 Å². The Morgan fingerprint density at radius 3 is 2.63 bits per heavy atom. The number of amides is 2. The number of benzene rings is 1. The summed E-state index contributed by atoms with van der Waals surface area (Å²) in [6, 6.07) is 10.2. The highest BCUT2D eigenvalue weighted by atomic mass is 127. The SMILES string of the molecule is CCNC(=NCc1cc(N(C)C)nc2ccccc12)NC1CCN(C(N)=O)CC1.I. The molecule has 1 aromatic heterocycles. The van der Waals surface area contributed by atoms with E-state index < -0.39 is 0 Å². The van der Waals surface area contributed by atoms with Gasteiger partial charge in [-0.25, -0.2) is 14.8 Å². The van der Waals surface area contributed by atoms with Crippen LogP contribution in [0.5, 0.6) is 0 Å². The summed E-state index contributed by atoms with van der Waals surface area (Å²) in [5.74, 6) is 1.71. The van der Waals surface area contributed by atoms with Crippen LogP contribution in [0.15, 0.2) is 35.3 Å². The number of primary amides is 1. The lowest BCUT2D eigenvalue weighted by molar-refractivity contribution is 0.188. The molecule has 2 aromatic rings. The van der Waals surface area contributed by atoms with Gasteiger partial charge in [0.2, 0.25) is 0 Å². The Kier molecular flexibility index (Phi) is 8.94. The van der Waals surface area contributed by atoms with Gasteiger partial charge in [-0.1, -0.05) is 18.2 Å². The topological polar surface area (TPSA) is 98.9 Å². The summed E-state index contributed by atoms with van der Waals surface area (Å²) in [6.07, 6.45) is 1.71. The summed E-state index contributed by atoms with van der Waals surface area (Å²) in [5, 5.41) is 7.95. The van der Waals surface area contributed by atoms with Crippen LogP contribution in [0, 0.1) is 0 Å². The second-order valence-electron chi connectivity index (χ2n) is 7.49. The van der Waals surface area contributed by atoms with Crippen molar-refractivity contribution in [1.29, 1.82) is 0 Å². The highest BCUT2D eigenvalue weighted by molar-refractivity contribution is 14.0. The van der Waals surface area contributed by atoms with Crippen molar-refractivity contribution in [2.45, 2.75) is 32.4 Å². The van der Waals surface area contributed by atoms with E-state index in [0.717, 1.165) is 47.6 Å². The number of carbonyl (C=O) groups is 1. The number of pyridine rings is 1.